The molecule has 0 radical (unpaired) electrons. The first-order valence-electron chi connectivity index (χ1n) is 11.6. The van der Waals surface area contributed by atoms with Gasteiger partial charge in [0, 0.05) is 11.3 Å². The Morgan fingerprint density at radius 3 is 2.59 bits per heavy atom. The molecule has 6 rings (SSSR count). The monoisotopic (exact) mass is 424 g/mol. The first-order valence-corrected chi connectivity index (χ1v) is 11.6. The summed E-state index contributed by atoms with van der Waals surface area (Å²) in [6, 6.07) is 24.9. The Kier molecular flexibility index (Phi) is 4.67. The number of hydrogen-bond acceptors (Lipinski definition) is 3. The number of methoxy groups -OCH3 is 1. The standard InChI is InChI=1S/C28H28N2O2/c1-32-24-10-6-5-9-23(24)30-28(31)20-13-14-22-21(16-20)25-18-11-12-19(15-18)26(25)27(29-22)17-7-3-2-4-8-17/h2-10,13-14,16,18-19,25-27,29H,11-12,15H2,1H3,(H,30,31)/t18-,19-,25-,26+,27+/m1/s1. The molecule has 1 heterocycles. The molecule has 0 aromatic heterocycles. The normalized spacial score (nSPS) is 27.2. The molecule has 0 saturated heterocycles. The lowest BCUT2D eigenvalue weighted by Gasteiger charge is -2.43. The van der Waals surface area contributed by atoms with Gasteiger partial charge in [0.15, 0.2) is 0 Å². The summed E-state index contributed by atoms with van der Waals surface area (Å²) in [7, 11) is 1.62. The molecule has 3 aromatic rings. The van der Waals surface area contributed by atoms with Crippen LogP contribution in [0.25, 0.3) is 0 Å². The summed E-state index contributed by atoms with van der Waals surface area (Å²) < 4.78 is 5.39. The maximum Gasteiger partial charge on any atom is 0.255 e. The summed E-state index contributed by atoms with van der Waals surface area (Å²) in [5.74, 6) is 3.18. The van der Waals surface area contributed by atoms with Crippen molar-refractivity contribution in [2.45, 2.75) is 31.2 Å². The zero-order chi connectivity index (χ0) is 21.7. The SMILES string of the molecule is COc1ccccc1NC(=O)c1ccc2c(c1)[C@H]1[C@@H]3CC[C@H](C3)[C@@H]1[C@H](c1ccccc1)N2. The average Bonchev–Trinajstić information content (AvgIpc) is 3.47. The van der Waals surface area contributed by atoms with Crippen LogP contribution in [0.4, 0.5) is 11.4 Å². The molecule has 3 aliphatic rings. The van der Waals surface area contributed by atoms with Gasteiger partial charge in [0.2, 0.25) is 0 Å². The second-order valence-electron chi connectivity index (χ2n) is 9.43. The smallest absolute Gasteiger partial charge is 0.255 e. The Labute approximate surface area is 189 Å². The van der Waals surface area contributed by atoms with Gasteiger partial charge in [-0.05, 0) is 84.4 Å². The maximum absolute atomic E-state index is 13.1. The van der Waals surface area contributed by atoms with E-state index in [4.69, 9.17) is 4.74 Å². The molecular formula is C28H28N2O2. The molecule has 0 unspecified atom stereocenters. The fourth-order valence-electron chi connectivity index (χ4n) is 6.56. The zero-order valence-corrected chi connectivity index (χ0v) is 18.3. The van der Waals surface area contributed by atoms with Gasteiger partial charge in [-0.2, -0.15) is 0 Å². The third-order valence-electron chi connectivity index (χ3n) is 7.86. The number of hydrogen-bond donors (Lipinski definition) is 2. The van der Waals surface area contributed by atoms with Crippen LogP contribution in [-0.4, -0.2) is 13.0 Å². The van der Waals surface area contributed by atoms with Crippen LogP contribution >= 0.6 is 0 Å². The summed E-state index contributed by atoms with van der Waals surface area (Å²) in [4.78, 5) is 13.1. The van der Waals surface area contributed by atoms with Crippen LogP contribution in [0.15, 0.2) is 72.8 Å². The fraction of sp³-hybridized carbons (Fsp3) is 0.321. The van der Waals surface area contributed by atoms with Crippen molar-refractivity contribution >= 4 is 17.3 Å². The van der Waals surface area contributed by atoms with E-state index in [1.807, 2.05) is 30.3 Å². The van der Waals surface area contributed by atoms with Crippen molar-refractivity contribution in [1.29, 1.82) is 0 Å². The molecular weight excluding hydrogens is 396 g/mol. The molecule has 4 nitrogen and oxygen atoms in total. The van der Waals surface area contributed by atoms with Crippen molar-refractivity contribution in [3.63, 3.8) is 0 Å². The van der Waals surface area contributed by atoms with E-state index in [-0.39, 0.29) is 5.91 Å². The largest absolute Gasteiger partial charge is 0.495 e. The van der Waals surface area contributed by atoms with Gasteiger partial charge in [-0.15, -0.1) is 0 Å². The highest BCUT2D eigenvalue weighted by atomic mass is 16.5. The van der Waals surface area contributed by atoms with Gasteiger partial charge in [-0.3, -0.25) is 4.79 Å². The highest BCUT2D eigenvalue weighted by molar-refractivity contribution is 6.05. The predicted molar refractivity (Wildman–Crippen MR) is 127 cm³/mol. The second-order valence-corrected chi connectivity index (χ2v) is 9.43. The molecule has 1 aliphatic heterocycles. The molecule has 2 aliphatic carbocycles. The summed E-state index contributed by atoms with van der Waals surface area (Å²) in [6.45, 7) is 0. The summed E-state index contributed by atoms with van der Waals surface area (Å²) in [5, 5.41) is 6.88. The topological polar surface area (TPSA) is 50.4 Å². The van der Waals surface area contributed by atoms with Crippen molar-refractivity contribution in [3.05, 3.63) is 89.5 Å². The molecule has 1 amide bonds. The minimum absolute atomic E-state index is 0.0952. The number of nitrogens with one attached hydrogen (secondary N) is 2. The molecule has 2 saturated carbocycles. The quantitative estimate of drug-likeness (QED) is 0.521. The van der Waals surface area contributed by atoms with Crippen LogP contribution in [-0.2, 0) is 0 Å². The van der Waals surface area contributed by atoms with Crippen LogP contribution in [0, 0.1) is 17.8 Å². The first kappa shape index (κ1) is 19.4. The zero-order valence-electron chi connectivity index (χ0n) is 18.3. The predicted octanol–water partition coefficient (Wildman–Crippen LogP) is 6.24. The van der Waals surface area contributed by atoms with E-state index in [2.05, 4.69) is 53.1 Å². The summed E-state index contributed by atoms with van der Waals surface area (Å²) in [6.07, 6.45) is 3.96. The van der Waals surface area contributed by atoms with Crippen molar-refractivity contribution in [3.8, 4) is 5.75 Å². The molecule has 2 N–H and O–H groups in total. The Morgan fingerprint density at radius 1 is 0.969 bits per heavy atom. The van der Waals surface area contributed by atoms with Crippen LogP contribution in [0.3, 0.4) is 0 Å². The Morgan fingerprint density at radius 2 is 1.75 bits per heavy atom. The van der Waals surface area contributed by atoms with Gasteiger partial charge in [0.1, 0.15) is 5.75 Å². The van der Waals surface area contributed by atoms with Crippen LogP contribution < -0.4 is 15.4 Å². The number of carbonyl (C=O) groups is 1. The number of ether oxygens (including phenoxy) is 1. The van der Waals surface area contributed by atoms with E-state index in [0.29, 0.717) is 34.9 Å². The third-order valence-corrected chi connectivity index (χ3v) is 7.86. The molecule has 0 spiro atoms. The van der Waals surface area contributed by atoms with Gasteiger partial charge in [-0.1, -0.05) is 42.5 Å². The minimum Gasteiger partial charge on any atom is -0.495 e. The van der Waals surface area contributed by atoms with Crippen molar-refractivity contribution in [1.82, 2.24) is 0 Å². The van der Waals surface area contributed by atoms with E-state index in [9.17, 15) is 4.79 Å². The lowest BCUT2D eigenvalue weighted by Crippen LogP contribution is -2.35. The van der Waals surface area contributed by atoms with E-state index in [0.717, 1.165) is 11.8 Å². The first-order chi connectivity index (χ1) is 15.7. The number of benzene rings is 3. The Hall–Kier alpha value is -3.27. The molecule has 2 fully saturated rings. The number of rotatable bonds is 4. The lowest BCUT2D eigenvalue weighted by atomic mass is 9.68. The van der Waals surface area contributed by atoms with Gasteiger partial charge in [-0.25, -0.2) is 0 Å². The van der Waals surface area contributed by atoms with Crippen LogP contribution in [0.2, 0.25) is 0 Å². The summed E-state index contributed by atoms with van der Waals surface area (Å²) in [5.41, 5.74) is 5.27. The van der Waals surface area contributed by atoms with Crippen molar-refractivity contribution in [2.24, 2.45) is 17.8 Å². The molecule has 32 heavy (non-hydrogen) atoms. The number of carbonyl (C=O) groups excluding carboxylic acids is 1. The fourth-order valence-corrected chi connectivity index (χ4v) is 6.56. The molecule has 4 heteroatoms. The molecule has 3 aromatic carbocycles. The van der Waals surface area contributed by atoms with Crippen molar-refractivity contribution < 1.29 is 9.53 Å². The van der Waals surface area contributed by atoms with Gasteiger partial charge in [0.25, 0.3) is 5.91 Å². The number of amides is 1. The summed E-state index contributed by atoms with van der Waals surface area (Å²) >= 11 is 0. The number of fused-ring (bicyclic) bond motifs is 7. The molecule has 5 atom stereocenters. The van der Waals surface area contributed by atoms with Crippen LogP contribution in [0.5, 0.6) is 5.75 Å². The van der Waals surface area contributed by atoms with E-state index in [1.54, 1.807) is 7.11 Å². The lowest BCUT2D eigenvalue weighted by molar-refractivity contribution is 0.102. The second kappa shape index (κ2) is 7.70. The molecule has 2 bridgehead atoms. The van der Waals surface area contributed by atoms with Gasteiger partial charge < -0.3 is 15.4 Å². The van der Waals surface area contributed by atoms with Gasteiger partial charge >= 0.3 is 0 Å². The number of anilines is 2. The van der Waals surface area contributed by atoms with E-state index in [1.165, 1.54) is 36.1 Å². The highest BCUT2D eigenvalue weighted by Gasteiger charge is 2.53. The van der Waals surface area contributed by atoms with E-state index >= 15 is 0 Å². The highest BCUT2D eigenvalue weighted by Crippen LogP contribution is 2.63. The van der Waals surface area contributed by atoms with Gasteiger partial charge in [0.05, 0.1) is 18.8 Å². The minimum atomic E-state index is -0.0952. The Balaban J connectivity index is 1.35. The Bertz CT molecular complexity index is 1160. The van der Waals surface area contributed by atoms with Crippen LogP contribution in [0.1, 0.15) is 52.7 Å². The average molecular weight is 425 g/mol. The maximum atomic E-state index is 13.1. The third kappa shape index (κ3) is 3.09. The number of para-hydroxylation sites is 2. The van der Waals surface area contributed by atoms with Crippen molar-refractivity contribution in [2.75, 3.05) is 17.7 Å². The molecule has 162 valence electrons. The van der Waals surface area contributed by atoms with E-state index < -0.39 is 0 Å².